The van der Waals surface area contributed by atoms with E-state index in [1.807, 2.05) is 6.92 Å². The number of phenols is 1. The Hall–Kier alpha value is -2.10. The fraction of sp³-hybridized carbons (Fsp3) is 0.167. The first kappa shape index (κ1) is 10.4. The van der Waals surface area contributed by atoms with Gasteiger partial charge in [-0.2, -0.15) is 0 Å². The maximum Gasteiger partial charge on any atom is 0.162 e. The third-order valence-corrected chi connectivity index (χ3v) is 2.07. The SMILES string of the molecule is CCOc1cc(O)ccc1-c1ncccn1. The largest absolute Gasteiger partial charge is 0.508 e. The number of nitrogens with zero attached hydrogens (tertiary/aromatic N) is 2. The molecule has 0 atom stereocenters. The van der Waals surface area contributed by atoms with Gasteiger partial charge in [0.15, 0.2) is 5.82 Å². The maximum absolute atomic E-state index is 9.39. The summed E-state index contributed by atoms with van der Waals surface area (Å²) in [6.45, 7) is 2.42. The lowest BCUT2D eigenvalue weighted by atomic mass is 10.2. The summed E-state index contributed by atoms with van der Waals surface area (Å²) in [5, 5.41) is 9.39. The van der Waals surface area contributed by atoms with Crippen LogP contribution in [0.4, 0.5) is 0 Å². The second kappa shape index (κ2) is 4.61. The molecule has 0 aliphatic rings. The van der Waals surface area contributed by atoms with E-state index in [-0.39, 0.29) is 5.75 Å². The van der Waals surface area contributed by atoms with Gasteiger partial charge in [-0.05, 0) is 25.1 Å². The molecule has 4 heteroatoms. The summed E-state index contributed by atoms with van der Waals surface area (Å²) in [6, 6.07) is 6.66. The molecule has 0 bridgehead atoms. The Kier molecular flexibility index (Phi) is 3.00. The van der Waals surface area contributed by atoms with Gasteiger partial charge in [0.25, 0.3) is 0 Å². The van der Waals surface area contributed by atoms with Gasteiger partial charge in [0.2, 0.25) is 0 Å². The smallest absolute Gasteiger partial charge is 0.162 e. The number of aromatic hydroxyl groups is 1. The molecule has 4 nitrogen and oxygen atoms in total. The van der Waals surface area contributed by atoms with E-state index in [4.69, 9.17) is 4.74 Å². The van der Waals surface area contributed by atoms with Gasteiger partial charge in [-0.15, -0.1) is 0 Å². The van der Waals surface area contributed by atoms with Crippen molar-refractivity contribution in [3.05, 3.63) is 36.7 Å². The van der Waals surface area contributed by atoms with Crippen molar-refractivity contribution in [3.8, 4) is 22.9 Å². The number of rotatable bonds is 3. The van der Waals surface area contributed by atoms with Crippen LogP contribution in [-0.2, 0) is 0 Å². The zero-order valence-electron chi connectivity index (χ0n) is 8.92. The molecule has 0 aliphatic heterocycles. The molecule has 0 unspecified atom stereocenters. The molecular weight excluding hydrogens is 204 g/mol. The molecule has 0 amide bonds. The molecule has 0 fully saturated rings. The Morgan fingerprint density at radius 1 is 1.25 bits per heavy atom. The van der Waals surface area contributed by atoms with Crippen molar-refractivity contribution in [2.75, 3.05) is 6.61 Å². The Morgan fingerprint density at radius 3 is 2.69 bits per heavy atom. The van der Waals surface area contributed by atoms with E-state index in [0.717, 1.165) is 5.56 Å². The van der Waals surface area contributed by atoms with Crippen LogP contribution in [0.15, 0.2) is 36.7 Å². The van der Waals surface area contributed by atoms with E-state index < -0.39 is 0 Å². The predicted molar refractivity (Wildman–Crippen MR) is 60.3 cm³/mol. The number of hydrogen-bond acceptors (Lipinski definition) is 4. The predicted octanol–water partition coefficient (Wildman–Crippen LogP) is 2.25. The highest BCUT2D eigenvalue weighted by Gasteiger charge is 2.08. The molecule has 0 saturated carbocycles. The summed E-state index contributed by atoms with van der Waals surface area (Å²) in [4.78, 5) is 8.30. The van der Waals surface area contributed by atoms with Gasteiger partial charge in [0.05, 0.1) is 12.2 Å². The average molecular weight is 216 g/mol. The van der Waals surface area contributed by atoms with Crippen LogP contribution < -0.4 is 4.74 Å². The van der Waals surface area contributed by atoms with Crippen LogP contribution in [0.3, 0.4) is 0 Å². The van der Waals surface area contributed by atoms with E-state index in [1.54, 1.807) is 36.7 Å². The monoisotopic (exact) mass is 216 g/mol. The molecule has 82 valence electrons. The Labute approximate surface area is 93.6 Å². The molecule has 0 aliphatic carbocycles. The summed E-state index contributed by atoms with van der Waals surface area (Å²) < 4.78 is 5.43. The molecule has 0 spiro atoms. The zero-order valence-corrected chi connectivity index (χ0v) is 8.92. The molecule has 2 rings (SSSR count). The van der Waals surface area contributed by atoms with Crippen LogP contribution in [0.5, 0.6) is 11.5 Å². The van der Waals surface area contributed by atoms with E-state index >= 15 is 0 Å². The number of phenolic OH excluding ortho intramolecular Hbond substituents is 1. The van der Waals surface area contributed by atoms with Crippen molar-refractivity contribution < 1.29 is 9.84 Å². The second-order valence-electron chi connectivity index (χ2n) is 3.19. The number of ether oxygens (including phenoxy) is 1. The average Bonchev–Trinajstić information content (AvgIpc) is 2.31. The minimum absolute atomic E-state index is 0.170. The van der Waals surface area contributed by atoms with Gasteiger partial charge in [0.1, 0.15) is 11.5 Å². The van der Waals surface area contributed by atoms with Crippen molar-refractivity contribution >= 4 is 0 Å². The second-order valence-corrected chi connectivity index (χ2v) is 3.19. The molecule has 1 N–H and O–H groups in total. The molecule has 1 aromatic heterocycles. The lowest BCUT2D eigenvalue weighted by Crippen LogP contribution is -1.96. The summed E-state index contributed by atoms with van der Waals surface area (Å²) in [5.41, 5.74) is 0.778. The fourth-order valence-electron chi connectivity index (χ4n) is 1.41. The first-order valence-electron chi connectivity index (χ1n) is 5.04. The van der Waals surface area contributed by atoms with Crippen LogP contribution in [0.1, 0.15) is 6.92 Å². The molecule has 1 heterocycles. The van der Waals surface area contributed by atoms with Gasteiger partial charge in [0, 0.05) is 18.5 Å². The number of benzene rings is 1. The maximum atomic E-state index is 9.39. The highest BCUT2D eigenvalue weighted by Crippen LogP contribution is 2.30. The molecule has 0 radical (unpaired) electrons. The number of hydrogen-bond donors (Lipinski definition) is 1. The van der Waals surface area contributed by atoms with Crippen LogP contribution in [0, 0.1) is 0 Å². The van der Waals surface area contributed by atoms with Gasteiger partial charge in [-0.1, -0.05) is 0 Å². The van der Waals surface area contributed by atoms with Crippen molar-refractivity contribution in [2.24, 2.45) is 0 Å². The topological polar surface area (TPSA) is 55.2 Å². The fourth-order valence-corrected chi connectivity index (χ4v) is 1.41. The minimum Gasteiger partial charge on any atom is -0.508 e. The molecule has 2 aromatic rings. The Balaban J connectivity index is 2.48. The van der Waals surface area contributed by atoms with Gasteiger partial charge >= 0.3 is 0 Å². The van der Waals surface area contributed by atoms with Crippen LogP contribution >= 0.6 is 0 Å². The minimum atomic E-state index is 0.170. The summed E-state index contributed by atoms with van der Waals surface area (Å²) in [5.74, 6) is 1.35. The molecule has 16 heavy (non-hydrogen) atoms. The van der Waals surface area contributed by atoms with Gasteiger partial charge < -0.3 is 9.84 Å². The Bertz CT molecular complexity index is 472. The molecule has 1 aromatic carbocycles. The molecule has 0 saturated heterocycles. The van der Waals surface area contributed by atoms with E-state index in [1.165, 1.54) is 0 Å². The van der Waals surface area contributed by atoms with E-state index in [0.29, 0.717) is 18.2 Å². The van der Waals surface area contributed by atoms with Crippen molar-refractivity contribution in [3.63, 3.8) is 0 Å². The van der Waals surface area contributed by atoms with Crippen molar-refractivity contribution in [1.29, 1.82) is 0 Å². The van der Waals surface area contributed by atoms with Crippen LogP contribution in [0.25, 0.3) is 11.4 Å². The standard InChI is InChI=1S/C12H12N2O2/c1-2-16-11-8-9(15)4-5-10(11)12-13-6-3-7-14-12/h3-8,15H,2H2,1H3. The highest BCUT2D eigenvalue weighted by atomic mass is 16.5. The first-order chi connectivity index (χ1) is 7.81. The van der Waals surface area contributed by atoms with Gasteiger partial charge in [-0.3, -0.25) is 0 Å². The Morgan fingerprint density at radius 2 is 2.00 bits per heavy atom. The summed E-state index contributed by atoms with van der Waals surface area (Å²) >= 11 is 0. The van der Waals surface area contributed by atoms with Gasteiger partial charge in [-0.25, -0.2) is 9.97 Å². The van der Waals surface area contributed by atoms with Crippen LogP contribution in [-0.4, -0.2) is 21.7 Å². The van der Waals surface area contributed by atoms with Crippen molar-refractivity contribution in [1.82, 2.24) is 9.97 Å². The summed E-state index contributed by atoms with van der Waals surface area (Å²) in [7, 11) is 0. The van der Waals surface area contributed by atoms with E-state index in [9.17, 15) is 5.11 Å². The van der Waals surface area contributed by atoms with E-state index in [2.05, 4.69) is 9.97 Å². The third kappa shape index (κ3) is 2.11. The molecular formula is C12H12N2O2. The highest BCUT2D eigenvalue weighted by molar-refractivity contribution is 5.65. The first-order valence-corrected chi connectivity index (χ1v) is 5.04. The normalized spacial score (nSPS) is 10.1. The third-order valence-electron chi connectivity index (χ3n) is 2.07. The zero-order chi connectivity index (χ0) is 11.4. The quantitative estimate of drug-likeness (QED) is 0.854. The van der Waals surface area contributed by atoms with Crippen molar-refractivity contribution in [2.45, 2.75) is 6.92 Å². The number of aromatic nitrogens is 2. The lowest BCUT2D eigenvalue weighted by Gasteiger charge is -2.09. The summed E-state index contributed by atoms with van der Waals surface area (Å²) in [6.07, 6.45) is 3.34. The lowest BCUT2D eigenvalue weighted by molar-refractivity contribution is 0.339. The van der Waals surface area contributed by atoms with Crippen LogP contribution in [0.2, 0.25) is 0 Å².